The Morgan fingerprint density at radius 1 is 1.29 bits per heavy atom. The largest absolute Gasteiger partial charge is 0.496 e. The van der Waals surface area contributed by atoms with E-state index in [4.69, 9.17) is 19.3 Å². The molecule has 9 nitrogen and oxygen atoms in total. The second kappa shape index (κ2) is 8.62. The fourth-order valence-electron chi connectivity index (χ4n) is 1.72. The lowest BCUT2D eigenvalue weighted by Gasteiger charge is -2.15. The summed E-state index contributed by atoms with van der Waals surface area (Å²) in [5, 5.41) is 7.55. The Morgan fingerprint density at radius 2 is 1.96 bits per heavy atom. The minimum absolute atomic E-state index is 0.0967. The van der Waals surface area contributed by atoms with Crippen LogP contribution in [-0.4, -0.2) is 53.8 Å². The zero-order chi connectivity index (χ0) is 18.3. The molecular formula is C14H20N2O7S. The van der Waals surface area contributed by atoms with Gasteiger partial charge in [0, 0.05) is 13.7 Å². The van der Waals surface area contributed by atoms with E-state index in [0.29, 0.717) is 6.61 Å². The van der Waals surface area contributed by atoms with E-state index in [2.05, 4.69) is 5.32 Å². The van der Waals surface area contributed by atoms with E-state index < -0.39 is 28.0 Å². The lowest BCUT2D eigenvalue weighted by atomic mass is 10.2. The molecule has 0 saturated heterocycles. The van der Waals surface area contributed by atoms with Gasteiger partial charge in [-0.25, -0.2) is 18.4 Å². The van der Waals surface area contributed by atoms with Crippen molar-refractivity contribution in [3.63, 3.8) is 0 Å². The van der Waals surface area contributed by atoms with Crippen LogP contribution in [0.1, 0.15) is 17.3 Å². The smallest absolute Gasteiger partial charge is 0.342 e. The number of methoxy groups -OCH3 is 2. The van der Waals surface area contributed by atoms with Gasteiger partial charge in [0.25, 0.3) is 5.91 Å². The summed E-state index contributed by atoms with van der Waals surface area (Å²) < 4.78 is 37.6. The molecule has 0 fully saturated rings. The number of primary sulfonamides is 1. The molecule has 1 aromatic rings. The zero-order valence-corrected chi connectivity index (χ0v) is 14.4. The summed E-state index contributed by atoms with van der Waals surface area (Å²) in [6.07, 6.45) is -1.09. The van der Waals surface area contributed by atoms with Crippen LogP contribution in [0.3, 0.4) is 0 Å². The van der Waals surface area contributed by atoms with Crippen molar-refractivity contribution < 1.29 is 32.2 Å². The van der Waals surface area contributed by atoms with Crippen molar-refractivity contribution in [2.24, 2.45) is 5.14 Å². The van der Waals surface area contributed by atoms with Crippen LogP contribution in [0.15, 0.2) is 23.1 Å². The Bertz CT molecular complexity index is 703. The minimum Gasteiger partial charge on any atom is -0.496 e. The highest BCUT2D eigenvalue weighted by Gasteiger charge is 2.23. The van der Waals surface area contributed by atoms with Crippen LogP contribution in [-0.2, 0) is 24.3 Å². The number of carbonyl (C=O) groups is 2. The molecule has 0 aliphatic carbocycles. The van der Waals surface area contributed by atoms with Gasteiger partial charge in [0.05, 0.1) is 18.6 Å². The first kappa shape index (κ1) is 19.9. The Kier molecular flexibility index (Phi) is 7.14. The van der Waals surface area contributed by atoms with Crippen LogP contribution in [0.2, 0.25) is 0 Å². The molecule has 134 valence electrons. The first-order valence-corrected chi connectivity index (χ1v) is 8.43. The Morgan fingerprint density at radius 3 is 2.50 bits per heavy atom. The van der Waals surface area contributed by atoms with E-state index in [9.17, 15) is 18.0 Å². The summed E-state index contributed by atoms with van der Waals surface area (Å²) in [7, 11) is -1.20. The standard InChI is InChI=1S/C14H20N2O7S/c1-9(13(17)16-6-7-21-2)23-14(18)11-8-10(24(15,19)20)4-5-12(11)22-3/h4-5,8-9H,6-7H2,1-3H3,(H,16,17)(H2,15,19,20)/t9-/m0/s1. The van der Waals surface area contributed by atoms with Gasteiger partial charge in [0.1, 0.15) is 11.3 Å². The van der Waals surface area contributed by atoms with Gasteiger partial charge in [0.2, 0.25) is 10.0 Å². The summed E-state index contributed by atoms with van der Waals surface area (Å²) in [4.78, 5) is 23.7. The highest BCUT2D eigenvalue weighted by Crippen LogP contribution is 2.23. The molecule has 0 aliphatic rings. The van der Waals surface area contributed by atoms with Gasteiger partial charge < -0.3 is 19.5 Å². The molecule has 0 saturated carbocycles. The maximum atomic E-state index is 12.2. The van der Waals surface area contributed by atoms with E-state index in [1.165, 1.54) is 33.3 Å². The van der Waals surface area contributed by atoms with Gasteiger partial charge >= 0.3 is 5.97 Å². The molecule has 0 bridgehead atoms. The van der Waals surface area contributed by atoms with Gasteiger partial charge in [0.15, 0.2) is 6.10 Å². The third kappa shape index (κ3) is 5.48. The number of hydrogen-bond donors (Lipinski definition) is 2. The zero-order valence-electron chi connectivity index (χ0n) is 13.6. The molecule has 10 heteroatoms. The van der Waals surface area contributed by atoms with Crippen LogP contribution >= 0.6 is 0 Å². The van der Waals surface area contributed by atoms with Crippen LogP contribution < -0.4 is 15.2 Å². The molecule has 0 aliphatic heterocycles. The van der Waals surface area contributed by atoms with Gasteiger partial charge in [-0.1, -0.05) is 0 Å². The van der Waals surface area contributed by atoms with Crippen LogP contribution in [0.25, 0.3) is 0 Å². The van der Waals surface area contributed by atoms with Crippen molar-refractivity contribution in [3.05, 3.63) is 23.8 Å². The van der Waals surface area contributed by atoms with Crippen molar-refractivity contribution in [2.75, 3.05) is 27.4 Å². The average molecular weight is 360 g/mol. The van der Waals surface area contributed by atoms with E-state index in [1.54, 1.807) is 0 Å². The third-order valence-corrected chi connectivity index (χ3v) is 3.89. The normalized spacial score (nSPS) is 12.3. The molecule has 1 atom stereocenters. The summed E-state index contributed by atoms with van der Waals surface area (Å²) in [5.41, 5.74) is -0.152. The SMILES string of the molecule is COCCNC(=O)[C@H](C)OC(=O)c1cc(S(N)(=O)=O)ccc1OC. The lowest BCUT2D eigenvalue weighted by molar-refractivity contribution is -0.129. The van der Waals surface area contributed by atoms with E-state index >= 15 is 0 Å². The van der Waals surface area contributed by atoms with Gasteiger partial charge in [-0.05, 0) is 25.1 Å². The Balaban J connectivity index is 2.92. The predicted octanol–water partition coefficient (Wildman–Crippen LogP) is -0.349. The van der Waals surface area contributed by atoms with E-state index in [1.807, 2.05) is 0 Å². The molecule has 1 aromatic carbocycles. The summed E-state index contributed by atoms with van der Waals surface area (Å²) in [6, 6.07) is 3.51. The lowest BCUT2D eigenvalue weighted by Crippen LogP contribution is -2.37. The summed E-state index contributed by atoms with van der Waals surface area (Å²) >= 11 is 0. The maximum absolute atomic E-state index is 12.2. The quantitative estimate of drug-likeness (QED) is 0.478. The Hall–Kier alpha value is -2.17. The predicted molar refractivity (Wildman–Crippen MR) is 84.1 cm³/mol. The molecule has 1 rings (SSSR count). The van der Waals surface area contributed by atoms with Crippen molar-refractivity contribution in [1.29, 1.82) is 0 Å². The number of esters is 1. The second-order valence-electron chi connectivity index (χ2n) is 4.74. The first-order chi connectivity index (χ1) is 11.2. The fourth-order valence-corrected chi connectivity index (χ4v) is 2.26. The third-order valence-electron chi connectivity index (χ3n) is 2.98. The molecule has 0 spiro atoms. The molecule has 1 amide bonds. The number of sulfonamides is 1. The number of nitrogens with two attached hydrogens (primary N) is 1. The van der Waals surface area contributed by atoms with Crippen molar-refractivity contribution in [2.45, 2.75) is 17.9 Å². The number of amides is 1. The van der Waals surface area contributed by atoms with Gasteiger partial charge in [-0.2, -0.15) is 0 Å². The van der Waals surface area contributed by atoms with Gasteiger partial charge in [-0.3, -0.25) is 4.79 Å². The Labute approximate surface area is 140 Å². The summed E-state index contributed by atoms with van der Waals surface area (Å²) in [6.45, 7) is 1.97. The molecule has 24 heavy (non-hydrogen) atoms. The number of ether oxygens (including phenoxy) is 3. The van der Waals surface area contributed by atoms with E-state index in [-0.39, 0.29) is 22.8 Å². The molecule has 3 N–H and O–H groups in total. The maximum Gasteiger partial charge on any atom is 0.342 e. The number of nitrogens with one attached hydrogen (secondary N) is 1. The van der Waals surface area contributed by atoms with Gasteiger partial charge in [-0.15, -0.1) is 0 Å². The highest BCUT2D eigenvalue weighted by molar-refractivity contribution is 7.89. The van der Waals surface area contributed by atoms with Crippen molar-refractivity contribution >= 4 is 21.9 Å². The number of hydrogen-bond acceptors (Lipinski definition) is 7. The van der Waals surface area contributed by atoms with Crippen LogP contribution in [0.5, 0.6) is 5.75 Å². The van der Waals surface area contributed by atoms with Crippen LogP contribution in [0.4, 0.5) is 0 Å². The number of rotatable bonds is 8. The topological polar surface area (TPSA) is 134 Å². The summed E-state index contributed by atoms with van der Waals surface area (Å²) in [5.74, 6) is -1.33. The minimum atomic E-state index is -4.00. The average Bonchev–Trinajstić information content (AvgIpc) is 2.53. The number of benzene rings is 1. The van der Waals surface area contributed by atoms with Crippen LogP contribution in [0, 0.1) is 0 Å². The second-order valence-corrected chi connectivity index (χ2v) is 6.30. The van der Waals surface area contributed by atoms with E-state index in [0.717, 1.165) is 6.07 Å². The molecule has 0 heterocycles. The monoisotopic (exact) mass is 360 g/mol. The molecule has 0 unspecified atom stereocenters. The van der Waals surface area contributed by atoms with Crippen molar-refractivity contribution in [1.82, 2.24) is 5.32 Å². The first-order valence-electron chi connectivity index (χ1n) is 6.89. The molecule has 0 aromatic heterocycles. The molecular weight excluding hydrogens is 340 g/mol. The number of carbonyl (C=O) groups excluding carboxylic acids is 2. The molecule has 0 radical (unpaired) electrons. The highest BCUT2D eigenvalue weighted by atomic mass is 32.2. The fraction of sp³-hybridized carbons (Fsp3) is 0.429. The van der Waals surface area contributed by atoms with Crippen molar-refractivity contribution in [3.8, 4) is 5.75 Å².